The van der Waals surface area contributed by atoms with Crippen LogP contribution >= 0.6 is 11.8 Å². The minimum atomic E-state index is -0.356. The fourth-order valence-electron chi connectivity index (χ4n) is 0.897. The van der Waals surface area contributed by atoms with Crippen molar-refractivity contribution in [2.45, 2.75) is 32.8 Å². The van der Waals surface area contributed by atoms with Crippen molar-refractivity contribution in [1.82, 2.24) is 4.90 Å². The molecule has 0 heterocycles. The molecule has 0 aromatic heterocycles. The van der Waals surface area contributed by atoms with E-state index in [0.29, 0.717) is 6.42 Å². The number of hydrogen-bond donors (Lipinski definition) is 0. The van der Waals surface area contributed by atoms with Gasteiger partial charge >= 0.3 is 5.97 Å². The maximum Gasteiger partial charge on any atom is 0.307 e. The van der Waals surface area contributed by atoms with Crippen molar-refractivity contribution in [3.8, 4) is 0 Å². The van der Waals surface area contributed by atoms with Crippen molar-refractivity contribution in [2.75, 3.05) is 32.1 Å². The minimum absolute atomic E-state index is 0.0974. The lowest BCUT2D eigenvalue weighted by Crippen LogP contribution is -2.24. The molecule has 0 amide bonds. The number of carbonyl (C=O) groups is 1. The highest BCUT2D eigenvalue weighted by atomic mass is 32.2. The summed E-state index contributed by atoms with van der Waals surface area (Å²) < 4.78 is 5.20. The van der Waals surface area contributed by atoms with Gasteiger partial charge in [0.1, 0.15) is 5.60 Å². The van der Waals surface area contributed by atoms with Gasteiger partial charge in [0.05, 0.1) is 6.42 Å². The van der Waals surface area contributed by atoms with Crippen LogP contribution in [0.1, 0.15) is 27.2 Å². The molecule has 0 saturated heterocycles. The van der Waals surface area contributed by atoms with Gasteiger partial charge in [-0.3, -0.25) is 4.79 Å². The van der Waals surface area contributed by atoms with E-state index in [0.717, 1.165) is 18.1 Å². The minimum Gasteiger partial charge on any atom is -0.460 e. The lowest BCUT2D eigenvalue weighted by Gasteiger charge is -2.19. The van der Waals surface area contributed by atoms with E-state index < -0.39 is 0 Å². The molecule has 15 heavy (non-hydrogen) atoms. The zero-order valence-corrected chi connectivity index (χ0v) is 11.3. The first kappa shape index (κ1) is 14.8. The summed E-state index contributed by atoms with van der Waals surface area (Å²) in [6, 6.07) is 0. The van der Waals surface area contributed by atoms with Crippen LogP contribution in [0.5, 0.6) is 0 Å². The lowest BCUT2D eigenvalue weighted by atomic mass is 10.2. The number of hydrogen-bond acceptors (Lipinski definition) is 4. The number of thioether (sulfide) groups is 1. The molecule has 3 nitrogen and oxygen atoms in total. The summed E-state index contributed by atoms with van der Waals surface area (Å²) in [6.45, 7) is 6.73. The molecule has 0 rings (SSSR count). The molecule has 0 aromatic carbocycles. The second kappa shape index (κ2) is 7.12. The van der Waals surface area contributed by atoms with E-state index >= 15 is 0 Å². The van der Waals surface area contributed by atoms with E-state index in [9.17, 15) is 4.79 Å². The lowest BCUT2D eigenvalue weighted by molar-refractivity contribution is -0.154. The van der Waals surface area contributed by atoms with Gasteiger partial charge in [0, 0.05) is 18.1 Å². The van der Waals surface area contributed by atoms with Crippen molar-refractivity contribution in [3.05, 3.63) is 0 Å². The van der Waals surface area contributed by atoms with Gasteiger partial charge in [0.25, 0.3) is 0 Å². The highest BCUT2D eigenvalue weighted by Gasteiger charge is 2.15. The van der Waals surface area contributed by atoms with Crippen molar-refractivity contribution in [3.63, 3.8) is 0 Å². The third-order valence-corrected chi connectivity index (χ3v) is 2.52. The fourth-order valence-corrected chi connectivity index (χ4v) is 1.91. The van der Waals surface area contributed by atoms with E-state index in [1.165, 1.54) is 0 Å². The Morgan fingerprint density at radius 3 is 2.33 bits per heavy atom. The first-order chi connectivity index (χ1) is 6.81. The van der Waals surface area contributed by atoms with Crippen molar-refractivity contribution in [2.24, 2.45) is 0 Å². The van der Waals surface area contributed by atoms with Crippen LogP contribution in [0, 0.1) is 0 Å². The molecular weight excluding hydrogens is 210 g/mol. The number of rotatable bonds is 6. The molecule has 0 spiro atoms. The normalized spacial score (nSPS) is 11.9. The number of esters is 1. The first-order valence-corrected chi connectivity index (χ1v) is 6.41. The van der Waals surface area contributed by atoms with E-state index in [4.69, 9.17) is 4.74 Å². The summed E-state index contributed by atoms with van der Waals surface area (Å²) in [6.07, 6.45) is 0.509. The summed E-state index contributed by atoms with van der Waals surface area (Å²) in [5, 5.41) is 0. The molecule has 0 bridgehead atoms. The van der Waals surface area contributed by atoms with Gasteiger partial charge in [-0.25, -0.2) is 0 Å². The summed E-state index contributed by atoms with van der Waals surface area (Å²) in [5.74, 6) is 1.82. The monoisotopic (exact) mass is 233 g/mol. The van der Waals surface area contributed by atoms with Gasteiger partial charge < -0.3 is 9.64 Å². The molecule has 0 saturated carbocycles. The highest BCUT2D eigenvalue weighted by Crippen LogP contribution is 2.10. The Morgan fingerprint density at radius 2 is 1.87 bits per heavy atom. The highest BCUT2D eigenvalue weighted by molar-refractivity contribution is 7.99. The average molecular weight is 233 g/mol. The van der Waals surface area contributed by atoms with Crippen LogP contribution < -0.4 is 0 Å². The molecule has 0 aliphatic carbocycles. The zero-order valence-electron chi connectivity index (χ0n) is 10.5. The third kappa shape index (κ3) is 11.7. The molecule has 0 atom stereocenters. The third-order valence-electron chi connectivity index (χ3n) is 1.55. The predicted octanol–water partition coefficient (Wildman–Crippen LogP) is 2.01. The standard InChI is InChI=1S/C11H23NO2S/c1-11(2,3)14-10(13)6-8-15-9-7-12(4)5/h6-9H2,1-5H3. The number of ether oxygens (including phenoxy) is 1. The molecule has 0 unspecified atom stereocenters. The van der Waals surface area contributed by atoms with Crippen LogP contribution in [0.15, 0.2) is 0 Å². The van der Waals surface area contributed by atoms with Crippen molar-refractivity contribution >= 4 is 17.7 Å². The second-order valence-electron chi connectivity index (χ2n) is 4.75. The average Bonchev–Trinajstić information content (AvgIpc) is 1.99. The van der Waals surface area contributed by atoms with Gasteiger partial charge in [-0.15, -0.1) is 0 Å². The van der Waals surface area contributed by atoms with Gasteiger partial charge in [-0.2, -0.15) is 11.8 Å². The summed E-state index contributed by atoms with van der Waals surface area (Å²) in [5.41, 5.74) is -0.356. The second-order valence-corrected chi connectivity index (χ2v) is 5.98. The molecule has 90 valence electrons. The van der Waals surface area contributed by atoms with Crippen LogP contribution in [0.25, 0.3) is 0 Å². The van der Waals surface area contributed by atoms with E-state index in [-0.39, 0.29) is 11.6 Å². The predicted molar refractivity (Wildman–Crippen MR) is 66.3 cm³/mol. The Morgan fingerprint density at radius 1 is 1.27 bits per heavy atom. The molecule has 0 radical (unpaired) electrons. The smallest absolute Gasteiger partial charge is 0.307 e. The maximum atomic E-state index is 11.3. The van der Waals surface area contributed by atoms with E-state index in [1.807, 2.05) is 20.8 Å². The summed E-state index contributed by atoms with van der Waals surface area (Å²) in [7, 11) is 4.10. The van der Waals surface area contributed by atoms with Crippen LogP contribution in [0.4, 0.5) is 0 Å². The van der Waals surface area contributed by atoms with Crippen molar-refractivity contribution < 1.29 is 9.53 Å². The number of nitrogens with zero attached hydrogens (tertiary/aromatic N) is 1. The Kier molecular flexibility index (Phi) is 7.02. The fraction of sp³-hybridized carbons (Fsp3) is 0.909. The number of carbonyl (C=O) groups excluding carboxylic acids is 1. The van der Waals surface area contributed by atoms with Gasteiger partial charge in [-0.05, 0) is 34.9 Å². The Hall–Kier alpha value is -0.220. The Labute approximate surface area is 97.5 Å². The van der Waals surface area contributed by atoms with Crippen LogP contribution in [0.2, 0.25) is 0 Å². The molecule has 0 aromatic rings. The van der Waals surface area contributed by atoms with Gasteiger partial charge in [-0.1, -0.05) is 0 Å². The van der Waals surface area contributed by atoms with Gasteiger partial charge in [0.2, 0.25) is 0 Å². The van der Waals surface area contributed by atoms with E-state index in [2.05, 4.69) is 19.0 Å². The van der Waals surface area contributed by atoms with Crippen LogP contribution in [0.3, 0.4) is 0 Å². The van der Waals surface area contributed by atoms with Crippen LogP contribution in [-0.2, 0) is 9.53 Å². The van der Waals surface area contributed by atoms with Gasteiger partial charge in [0.15, 0.2) is 0 Å². The van der Waals surface area contributed by atoms with E-state index in [1.54, 1.807) is 11.8 Å². The molecular formula is C11H23NO2S. The quantitative estimate of drug-likeness (QED) is 0.518. The largest absolute Gasteiger partial charge is 0.460 e. The Bertz CT molecular complexity index is 188. The molecule has 0 aliphatic heterocycles. The summed E-state index contributed by atoms with van der Waals surface area (Å²) >= 11 is 1.79. The maximum absolute atomic E-state index is 11.3. The Balaban J connectivity index is 3.40. The topological polar surface area (TPSA) is 29.5 Å². The zero-order chi connectivity index (χ0) is 11.9. The molecule has 0 aliphatic rings. The molecule has 0 fully saturated rings. The molecule has 0 N–H and O–H groups in total. The van der Waals surface area contributed by atoms with Crippen molar-refractivity contribution in [1.29, 1.82) is 0 Å². The SMILES string of the molecule is CN(C)CCSCCC(=O)OC(C)(C)C. The molecule has 4 heteroatoms. The first-order valence-electron chi connectivity index (χ1n) is 5.25. The summed E-state index contributed by atoms with van der Waals surface area (Å²) in [4.78, 5) is 13.4. The van der Waals surface area contributed by atoms with Crippen LogP contribution in [-0.4, -0.2) is 48.6 Å².